The lowest BCUT2D eigenvalue weighted by molar-refractivity contribution is 0.0491. The van der Waals surface area contributed by atoms with Crippen LogP contribution in [-0.4, -0.2) is 30.1 Å². The summed E-state index contributed by atoms with van der Waals surface area (Å²) in [6.07, 6.45) is 9.47. The fourth-order valence-electron chi connectivity index (χ4n) is 3.74. The molecule has 0 aromatic carbocycles. The zero-order valence-corrected chi connectivity index (χ0v) is 13.9. The zero-order valence-electron chi connectivity index (χ0n) is 13.9. The first kappa shape index (κ1) is 17.0. The summed E-state index contributed by atoms with van der Waals surface area (Å²) in [5.74, 6) is 1.64. The van der Waals surface area contributed by atoms with E-state index in [1.54, 1.807) is 0 Å². The molecule has 2 N–H and O–H groups in total. The lowest BCUT2D eigenvalue weighted by atomic mass is 9.85. The molecular formula is C17H36N2. The van der Waals surface area contributed by atoms with Crippen molar-refractivity contribution in [2.24, 2.45) is 17.6 Å². The lowest BCUT2D eigenvalue weighted by Gasteiger charge is -2.45. The van der Waals surface area contributed by atoms with Crippen LogP contribution in [0, 0.1) is 11.8 Å². The van der Waals surface area contributed by atoms with E-state index in [1.807, 2.05) is 0 Å². The van der Waals surface area contributed by atoms with Gasteiger partial charge in [-0.05, 0) is 45.1 Å². The van der Waals surface area contributed by atoms with Crippen LogP contribution in [0.5, 0.6) is 0 Å². The molecular weight excluding hydrogens is 232 g/mol. The molecule has 0 spiro atoms. The Morgan fingerprint density at radius 1 is 1.21 bits per heavy atom. The maximum atomic E-state index is 6.22. The Bertz CT molecular complexity index is 252. The van der Waals surface area contributed by atoms with Crippen LogP contribution < -0.4 is 5.73 Å². The summed E-state index contributed by atoms with van der Waals surface area (Å²) in [7, 11) is 2.30. The van der Waals surface area contributed by atoms with Crippen LogP contribution in [0.4, 0.5) is 0 Å². The predicted molar refractivity (Wildman–Crippen MR) is 85.3 cm³/mol. The number of nitrogens with two attached hydrogens (primary N) is 1. The summed E-state index contributed by atoms with van der Waals surface area (Å²) in [6, 6.07) is 0.617. The molecule has 2 heteroatoms. The normalized spacial score (nSPS) is 30.6. The molecule has 0 amide bonds. The average molecular weight is 268 g/mol. The van der Waals surface area contributed by atoms with Gasteiger partial charge in [0.15, 0.2) is 0 Å². The van der Waals surface area contributed by atoms with Crippen LogP contribution in [0.15, 0.2) is 0 Å². The third kappa shape index (κ3) is 4.19. The highest BCUT2D eigenvalue weighted by Crippen LogP contribution is 2.37. The molecule has 0 radical (unpaired) electrons. The average Bonchev–Trinajstić information content (AvgIpc) is 2.61. The van der Waals surface area contributed by atoms with E-state index < -0.39 is 0 Å². The van der Waals surface area contributed by atoms with Gasteiger partial charge < -0.3 is 5.73 Å². The Kier molecular flexibility index (Phi) is 6.82. The molecule has 3 atom stereocenters. The van der Waals surface area contributed by atoms with Crippen LogP contribution in [0.1, 0.15) is 72.6 Å². The maximum Gasteiger partial charge on any atom is 0.0331 e. The topological polar surface area (TPSA) is 29.3 Å². The largest absolute Gasteiger partial charge is 0.329 e. The lowest BCUT2D eigenvalue weighted by Crippen LogP contribution is -2.56. The van der Waals surface area contributed by atoms with Crippen LogP contribution in [-0.2, 0) is 0 Å². The van der Waals surface area contributed by atoms with Gasteiger partial charge in [-0.2, -0.15) is 0 Å². The smallest absolute Gasteiger partial charge is 0.0331 e. The number of nitrogens with zero attached hydrogens (tertiary/aromatic N) is 1. The second kappa shape index (κ2) is 7.64. The first-order valence-electron chi connectivity index (χ1n) is 8.40. The summed E-state index contributed by atoms with van der Waals surface area (Å²) in [5.41, 5.74) is 6.48. The number of rotatable bonds is 6. The van der Waals surface area contributed by atoms with Gasteiger partial charge >= 0.3 is 0 Å². The highest BCUT2D eigenvalue weighted by Gasteiger charge is 2.37. The van der Waals surface area contributed by atoms with Crippen LogP contribution in [0.25, 0.3) is 0 Å². The van der Waals surface area contributed by atoms with E-state index in [0.29, 0.717) is 12.0 Å². The first-order chi connectivity index (χ1) is 8.96. The molecule has 1 rings (SSSR count). The minimum Gasteiger partial charge on any atom is -0.329 e. The number of hydrogen-bond acceptors (Lipinski definition) is 2. The van der Waals surface area contributed by atoms with Crippen molar-refractivity contribution in [1.82, 2.24) is 4.90 Å². The van der Waals surface area contributed by atoms with Crippen molar-refractivity contribution in [3.05, 3.63) is 0 Å². The van der Waals surface area contributed by atoms with E-state index in [2.05, 4.69) is 39.6 Å². The summed E-state index contributed by atoms with van der Waals surface area (Å²) >= 11 is 0. The molecule has 1 saturated carbocycles. The summed E-state index contributed by atoms with van der Waals surface area (Å²) in [5, 5.41) is 0. The Balaban J connectivity index is 2.74. The highest BCUT2D eigenvalue weighted by molar-refractivity contribution is 4.95. The molecule has 19 heavy (non-hydrogen) atoms. The van der Waals surface area contributed by atoms with Crippen molar-refractivity contribution in [2.75, 3.05) is 13.6 Å². The Morgan fingerprint density at radius 2 is 1.89 bits per heavy atom. The quantitative estimate of drug-likeness (QED) is 0.737. The van der Waals surface area contributed by atoms with E-state index in [1.165, 1.54) is 44.9 Å². The Hall–Kier alpha value is -0.0800. The molecule has 1 fully saturated rings. The van der Waals surface area contributed by atoms with Crippen LogP contribution in [0.2, 0.25) is 0 Å². The van der Waals surface area contributed by atoms with E-state index in [4.69, 9.17) is 5.73 Å². The monoisotopic (exact) mass is 268 g/mol. The van der Waals surface area contributed by atoms with Crippen molar-refractivity contribution >= 4 is 0 Å². The zero-order chi connectivity index (χ0) is 14.5. The number of likely N-dealkylation sites (N-methyl/N-ethyl adjacent to an activating group) is 1. The second-order valence-corrected chi connectivity index (χ2v) is 7.11. The predicted octanol–water partition coefficient (Wildman–Crippen LogP) is 4.04. The van der Waals surface area contributed by atoms with Gasteiger partial charge in [-0.25, -0.2) is 0 Å². The molecule has 1 aliphatic carbocycles. The van der Waals surface area contributed by atoms with Gasteiger partial charge in [0.25, 0.3) is 0 Å². The minimum atomic E-state index is 0.256. The van der Waals surface area contributed by atoms with Gasteiger partial charge in [0, 0.05) is 18.1 Å². The Morgan fingerprint density at radius 3 is 2.42 bits per heavy atom. The van der Waals surface area contributed by atoms with E-state index in [-0.39, 0.29) is 5.54 Å². The third-order valence-corrected chi connectivity index (χ3v) is 5.67. The van der Waals surface area contributed by atoms with E-state index in [9.17, 15) is 0 Å². The third-order valence-electron chi connectivity index (χ3n) is 5.67. The van der Waals surface area contributed by atoms with E-state index >= 15 is 0 Å². The molecule has 0 saturated heterocycles. The Labute approximate surface area is 121 Å². The van der Waals surface area contributed by atoms with Gasteiger partial charge in [0.1, 0.15) is 0 Å². The van der Waals surface area contributed by atoms with Crippen molar-refractivity contribution in [3.8, 4) is 0 Å². The second-order valence-electron chi connectivity index (χ2n) is 7.11. The molecule has 1 aliphatic rings. The molecule has 0 bridgehead atoms. The van der Waals surface area contributed by atoms with Gasteiger partial charge in [-0.15, -0.1) is 0 Å². The molecule has 2 nitrogen and oxygen atoms in total. The standard InChI is InChI=1S/C17H36N2/c1-6-8-16-9-7-11-17(13-18,12-10-16)19(5)15(4)14(2)3/h14-16H,6-13,18H2,1-5H3. The number of hydrogen-bond donors (Lipinski definition) is 1. The van der Waals surface area contributed by atoms with Crippen LogP contribution >= 0.6 is 0 Å². The van der Waals surface area contributed by atoms with Gasteiger partial charge in [-0.3, -0.25) is 4.90 Å². The summed E-state index contributed by atoms with van der Waals surface area (Å²) in [6.45, 7) is 10.1. The minimum absolute atomic E-state index is 0.256. The van der Waals surface area contributed by atoms with Gasteiger partial charge in [0.2, 0.25) is 0 Å². The SMILES string of the molecule is CCCC1CCCC(CN)(N(C)C(C)C(C)C)CC1. The van der Waals surface area contributed by atoms with Gasteiger partial charge in [0.05, 0.1) is 0 Å². The van der Waals surface area contributed by atoms with Crippen LogP contribution in [0.3, 0.4) is 0 Å². The molecule has 3 unspecified atom stereocenters. The van der Waals surface area contributed by atoms with E-state index in [0.717, 1.165) is 12.5 Å². The maximum absolute atomic E-state index is 6.22. The highest BCUT2D eigenvalue weighted by atomic mass is 15.2. The van der Waals surface area contributed by atoms with Crippen molar-refractivity contribution in [2.45, 2.75) is 84.2 Å². The fourth-order valence-corrected chi connectivity index (χ4v) is 3.74. The van der Waals surface area contributed by atoms with Crippen molar-refractivity contribution in [3.63, 3.8) is 0 Å². The molecule has 0 aromatic heterocycles. The fraction of sp³-hybridized carbons (Fsp3) is 1.00. The molecule has 0 aliphatic heterocycles. The van der Waals surface area contributed by atoms with Crippen molar-refractivity contribution < 1.29 is 0 Å². The summed E-state index contributed by atoms with van der Waals surface area (Å²) in [4.78, 5) is 2.60. The molecule has 0 aromatic rings. The summed E-state index contributed by atoms with van der Waals surface area (Å²) < 4.78 is 0. The molecule has 114 valence electrons. The van der Waals surface area contributed by atoms with Crippen molar-refractivity contribution in [1.29, 1.82) is 0 Å². The van der Waals surface area contributed by atoms with Gasteiger partial charge in [-0.1, -0.05) is 46.5 Å². The first-order valence-corrected chi connectivity index (χ1v) is 8.40. The molecule has 0 heterocycles.